The zero-order valence-corrected chi connectivity index (χ0v) is 14.8. The van der Waals surface area contributed by atoms with Gasteiger partial charge < -0.3 is 19.9 Å². The normalized spacial score (nSPS) is 11.7. The second-order valence-electron chi connectivity index (χ2n) is 5.55. The minimum atomic E-state index is -1.13. The fourth-order valence-electron chi connectivity index (χ4n) is 2.47. The van der Waals surface area contributed by atoms with Crippen LogP contribution in [0.25, 0.3) is 0 Å². The molecule has 1 unspecified atom stereocenters. The summed E-state index contributed by atoms with van der Waals surface area (Å²) < 4.78 is 37.9. The number of halogens is 2. The predicted octanol–water partition coefficient (Wildman–Crippen LogP) is 3.96. The highest BCUT2D eigenvalue weighted by molar-refractivity contribution is 5.97. The summed E-state index contributed by atoms with van der Waals surface area (Å²) in [7, 11) is 0. The van der Waals surface area contributed by atoms with E-state index in [1.807, 2.05) is 13.8 Å². The van der Waals surface area contributed by atoms with Crippen LogP contribution >= 0.6 is 0 Å². The first kappa shape index (κ1) is 19.5. The monoisotopic (exact) mass is 365 g/mol. The van der Waals surface area contributed by atoms with Crippen molar-refractivity contribution >= 4 is 5.91 Å². The fraction of sp³-hybridized carbons (Fsp3) is 0.316. The van der Waals surface area contributed by atoms with Crippen LogP contribution in [-0.2, 0) is 0 Å². The standard InChI is InChI=1S/C19H21F2NO4/c1-4-25-16-7-6-12(8-17(16)26-5-2)11(3)22-19(24)18-14(21)9-13(20)10-15(18)23/h6-11,23H,4-5H2,1-3H3,(H,22,24). The molecule has 2 aromatic carbocycles. The molecule has 0 saturated heterocycles. The van der Waals surface area contributed by atoms with Gasteiger partial charge in [-0.15, -0.1) is 0 Å². The molecule has 7 heteroatoms. The van der Waals surface area contributed by atoms with Crippen LogP contribution in [0.3, 0.4) is 0 Å². The van der Waals surface area contributed by atoms with Crippen molar-refractivity contribution in [1.82, 2.24) is 5.32 Å². The largest absolute Gasteiger partial charge is 0.507 e. The van der Waals surface area contributed by atoms with Crippen LogP contribution in [0.2, 0.25) is 0 Å². The number of aromatic hydroxyl groups is 1. The first-order valence-electron chi connectivity index (χ1n) is 8.25. The summed E-state index contributed by atoms with van der Waals surface area (Å²) in [6, 6.07) is 5.92. The van der Waals surface area contributed by atoms with Gasteiger partial charge in [0.1, 0.15) is 22.9 Å². The molecule has 0 aromatic heterocycles. The van der Waals surface area contributed by atoms with Crippen LogP contribution in [0.1, 0.15) is 42.7 Å². The Balaban J connectivity index is 2.23. The van der Waals surface area contributed by atoms with E-state index in [-0.39, 0.29) is 0 Å². The SMILES string of the molecule is CCOc1ccc(C(C)NC(=O)c2c(O)cc(F)cc2F)cc1OCC. The molecule has 0 aliphatic heterocycles. The van der Waals surface area contributed by atoms with Gasteiger partial charge in [-0.1, -0.05) is 6.07 Å². The molecule has 0 radical (unpaired) electrons. The van der Waals surface area contributed by atoms with Gasteiger partial charge in [-0.05, 0) is 38.5 Å². The van der Waals surface area contributed by atoms with E-state index in [4.69, 9.17) is 9.47 Å². The van der Waals surface area contributed by atoms with Gasteiger partial charge in [-0.25, -0.2) is 8.78 Å². The van der Waals surface area contributed by atoms with Crippen LogP contribution in [0.15, 0.2) is 30.3 Å². The van der Waals surface area contributed by atoms with Gasteiger partial charge in [-0.3, -0.25) is 4.79 Å². The summed E-state index contributed by atoms with van der Waals surface area (Å²) >= 11 is 0. The molecule has 1 amide bonds. The third-order valence-electron chi connectivity index (χ3n) is 3.68. The van der Waals surface area contributed by atoms with Crippen molar-refractivity contribution in [3.63, 3.8) is 0 Å². The smallest absolute Gasteiger partial charge is 0.258 e. The van der Waals surface area contributed by atoms with Gasteiger partial charge >= 0.3 is 0 Å². The summed E-state index contributed by atoms with van der Waals surface area (Å²) in [6.07, 6.45) is 0. The summed E-state index contributed by atoms with van der Waals surface area (Å²) in [4.78, 5) is 12.3. The number of amides is 1. The molecule has 26 heavy (non-hydrogen) atoms. The van der Waals surface area contributed by atoms with E-state index in [0.717, 1.165) is 0 Å². The third-order valence-corrected chi connectivity index (χ3v) is 3.68. The molecule has 5 nitrogen and oxygen atoms in total. The summed E-state index contributed by atoms with van der Waals surface area (Å²) in [5.74, 6) is -2.58. The highest BCUT2D eigenvalue weighted by Gasteiger charge is 2.21. The number of nitrogens with one attached hydrogen (secondary N) is 1. The van der Waals surface area contributed by atoms with Gasteiger partial charge in [0.25, 0.3) is 5.91 Å². The molecule has 2 aromatic rings. The number of ether oxygens (including phenoxy) is 2. The van der Waals surface area contributed by atoms with Crippen LogP contribution in [0.4, 0.5) is 8.78 Å². The Hall–Kier alpha value is -2.83. The molecule has 0 aliphatic rings. The molecule has 0 heterocycles. The minimum Gasteiger partial charge on any atom is -0.507 e. The van der Waals surface area contributed by atoms with Gasteiger partial charge in [0.05, 0.1) is 19.3 Å². The lowest BCUT2D eigenvalue weighted by atomic mass is 10.1. The second kappa shape index (κ2) is 8.51. The van der Waals surface area contributed by atoms with E-state index in [2.05, 4.69) is 5.32 Å². The second-order valence-corrected chi connectivity index (χ2v) is 5.55. The topological polar surface area (TPSA) is 67.8 Å². The maximum absolute atomic E-state index is 13.8. The number of benzene rings is 2. The van der Waals surface area contributed by atoms with Gasteiger partial charge in [-0.2, -0.15) is 0 Å². The predicted molar refractivity (Wildman–Crippen MR) is 92.7 cm³/mol. The average molecular weight is 365 g/mol. The Kier molecular flexibility index (Phi) is 6.38. The van der Waals surface area contributed by atoms with Gasteiger partial charge in [0.2, 0.25) is 0 Å². The number of carbonyl (C=O) groups excluding carboxylic acids is 1. The van der Waals surface area contributed by atoms with E-state index >= 15 is 0 Å². The number of rotatable bonds is 7. The highest BCUT2D eigenvalue weighted by atomic mass is 19.1. The zero-order chi connectivity index (χ0) is 19.3. The molecule has 0 spiro atoms. The van der Waals surface area contributed by atoms with E-state index in [1.165, 1.54) is 0 Å². The average Bonchev–Trinajstić information content (AvgIpc) is 2.55. The Morgan fingerprint density at radius 2 is 1.77 bits per heavy atom. The van der Waals surface area contributed by atoms with Crippen molar-refractivity contribution in [2.45, 2.75) is 26.8 Å². The number of hydrogen-bond donors (Lipinski definition) is 2. The van der Waals surface area contributed by atoms with Crippen LogP contribution < -0.4 is 14.8 Å². The lowest BCUT2D eigenvalue weighted by Gasteiger charge is -2.18. The fourth-order valence-corrected chi connectivity index (χ4v) is 2.47. The molecule has 2 rings (SSSR count). The Labute approximate surface area is 150 Å². The number of phenols is 1. The van der Waals surface area contributed by atoms with E-state index < -0.39 is 34.9 Å². The van der Waals surface area contributed by atoms with Crippen LogP contribution in [0, 0.1) is 11.6 Å². The highest BCUT2D eigenvalue weighted by Crippen LogP contribution is 2.31. The third kappa shape index (κ3) is 4.41. The van der Waals surface area contributed by atoms with Gasteiger partial charge in [0.15, 0.2) is 11.5 Å². The Bertz CT molecular complexity index is 772. The first-order chi connectivity index (χ1) is 12.4. The number of phenolic OH excluding ortho intramolecular Hbond substituents is 1. The number of carbonyl (C=O) groups is 1. The molecule has 1 atom stereocenters. The molecule has 140 valence electrons. The zero-order valence-electron chi connectivity index (χ0n) is 14.8. The van der Waals surface area contributed by atoms with Crippen molar-refractivity contribution in [2.75, 3.05) is 13.2 Å². The quantitative estimate of drug-likeness (QED) is 0.779. The number of hydrogen-bond acceptors (Lipinski definition) is 4. The van der Waals surface area contributed by atoms with Crippen LogP contribution in [0.5, 0.6) is 17.2 Å². The lowest BCUT2D eigenvalue weighted by Crippen LogP contribution is -2.27. The minimum absolute atomic E-state index is 0.443. The van der Waals surface area contributed by atoms with Crippen molar-refractivity contribution in [3.8, 4) is 17.2 Å². The van der Waals surface area contributed by atoms with E-state index in [0.29, 0.717) is 42.4 Å². The molecule has 0 fully saturated rings. The van der Waals surface area contributed by atoms with Crippen LogP contribution in [-0.4, -0.2) is 24.2 Å². The summed E-state index contributed by atoms with van der Waals surface area (Å²) in [5, 5.41) is 12.2. The van der Waals surface area contributed by atoms with Crippen molar-refractivity contribution in [2.24, 2.45) is 0 Å². The molecular formula is C19H21F2NO4. The van der Waals surface area contributed by atoms with Crippen molar-refractivity contribution < 1.29 is 28.2 Å². The Morgan fingerprint density at radius 3 is 2.38 bits per heavy atom. The summed E-state index contributed by atoms with van der Waals surface area (Å²) in [5.41, 5.74) is 0.0986. The molecule has 2 N–H and O–H groups in total. The first-order valence-corrected chi connectivity index (χ1v) is 8.25. The molecular weight excluding hydrogens is 344 g/mol. The Morgan fingerprint density at radius 1 is 1.12 bits per heavy atom. The maximum atomic E-state index is 13.8. The van der Waals surface area contributed by atoms with E-state index in [1.54, 1.807) is 25.1 Å². The van der Waals surface area contributed by atoms with Crippen molar-refractivity contribution in [1.29, 1.82) is 0 Å². The van der Waals surface area contributed by atoms with E-state index in [9.17, 15) is 18.7 Å². The van der Waals surface area contributed by atoms with Crippen molar-refractivity contribution in [3.05, 3.63) is 53.1 Å². The maximum Gasteiger partial charge on any atom is 0.258 e. The molecule has 0 aliphatic carbocycles. The van der Waals surface area contributed by atoms with Gasteiger partial charge in [0, 0.05) is 12.1 Å². The molecule has 0 bridgehead atoms. The lowest BCUT2D eigenvalue weighted by molar-refractivity contribution is 0.0932. The summed E-state index contributed by atoms with van der Waals surface area (Å²) in [6.45, 7) is 6.32. The molecule has 0 saturated carbocycles.